The van der Waals surface area contributed by atoms with Crippen LogP contribution in [0.25, 0.3) is 11.1 Å². The van der Waals surface area contributed by atoms with E-state index in [-0.39, 0.29) is 0 Å². The van der Waals surface area contributed by atoms with E-state index in [1.807, 2.05) is 31.3 Å². The number of nitrogens with one attached hydrogen (secondary N) is 1. The smallest absolute Gasteiger partial charge is 0.137 e. The van der Waals surface area contributed by atoms with Gasteiger partial charge in [0.1, 0.15) is 5.75 Å². The molecular formula is C15H16ClNO. The SMILES string of the molecule is CNc1cccc(-c2cc(Cl)c(OC)cc2C)c1. The van der Waals surface area contributed by atoms with Gasteiger partial charge in [0.25, 0.3) is 0 Å². The van der Waals surface area contributed by atoms with Crippen LogP contribution < -0.4 is 10.1 Å². The van der Waals surface area contributed by atoms with Crippen molar-refractivity contribution in [2.24, 2.45) is 0 Å². The number of hydrogen-bond donors (Lipinski definition) is 1. The summed E-state index contributed by atoms with van der Waals surface area (Å²) in [5, 5.41) is 3.77. The number of rotatable bonds is 3. The highest BCUT2D eigenvalue weighted by atomic mass is 35.5. The standard InChI is InChI=1S/C15H16ClNO/c1-10-7-15(18-3)14(16)9-13(10)11-5-4-6-12(8-11)17-2/h4-9,17H,1-3H3. The Balaban J connectivity index is 2.53. The third-order valence-corrected chi connectivity index (χ3v) is 3.26. The summed E-state index contributed by atoms with van der Waals surface area (Å²) in [4.78, 5) is 0. The van der Waals surface area contributed by atoms with Crippen molar-refractivity contribution in [1.29, 1.82) is 0 Å². The van der Waals surface area contributed by atoms with Gasteiger partial charge in [-0.3, -0.25) is 0 Å². The summed E-state index contributed by atoms with van der Waals surface area (Å²) < 4.78 is 5.22. The molecule has 2 nitrogen and oxygen atoms in total. The van der Waals surface area contributed by atoms with Crippen molar-refractivity contribution >= 4 is 17.3 Å². The molecule has 0 saturated carbocycles. The lowest BCUT2D eigenvalue weighted by molar-refractivity contribution is 0.415. The molecule has 0 aliphatic carbocycles. The average Bonchev–Trinajstić information content (AvgIpc) is 2.41. The topological polar surface area (TPSA) is 21.3 Å². The summed E-state index contributed by atoms with van der Waals surface area (Å²) in [7, 11) is 3.54. The van der Waals surface area contributed by atoms with Crippen molar-refractivity contribution < 1.29 is 4.74 Å². The number of hydrogen-bond acceptors (Lipinski definition) is 2. The van der Waals surface area contributed by atoms with Crippen molar-refractivity contribution in [3.63, 3.8) is 0 Å². The number of ether oxygens (including phenoxy) is 1. The van der Waals surface area contributed by atoms with E-state index in [4.69, 9.17) is 16.3 Å². The average molecular weight is 262 g/mol. The van der Waals surface area contributed by atoms with Gasteiger partial charge in [0, 0.05) is 12.7 Å². The van der Waals surface area contributed by atoms with E-state index in [1.54, 1.807) is 7.11 Å². The maximum atomic E-state index is 6.18. The lowest BCUT2D eigenvalue weighted by atomic mass is 10.00. The molecule has 1 N–H and O–H groups in total. The largest absolute Gasteiger partial charge is 0.495 e. The van der Waals surface area contributed by atoms with Crippen LogP contribution in [-0.4, -0.2) is 14.2 Å². The Morgan fingerprint density at radius 1 is 1.17 bits per heavy atom. The van der Waals surface area contributed by atoms with Gasteiger partial charge in [-0.15, -0.1) is 0 Å². The summed E-state index contributed by atoms with van der Waals surface area (Å²) in [6, 6.07) is 12.1. The van der Waals surface area contributed by atoms with Crippen LogP contribution in [0.5, 0.6) is 5.75 Å². The molecule has 94 valence electrons. The summed E-state index contributed by atoms with van der Waals surface area (Å²) in [6.45, 7) is 2.06. The van der Waals surface area contributed by atoms with Crippen molar-refractivity contribution in [3.05, 3.63) is 47.0 Å². The number of aryl methyl sites for hydroxylation is 1. The van der Waals surface area contributed by atoms with E-state index in [1.165, 1.54) is 0 Å². The fourth-order valence-electron chi connectivity index (χ4n) is 1.96. The van der Waals surface area contributed by atoms with Crippen LogP contribution in [0.1, 0.15) is 5.56 Å². The first-order valence-electron chi connectivity index (χ1n) is 5.78. The van der Waals surface area contributed by atoms with Crippen LogP contribution in [0.15, 0.2) is 36.4 Å². The van der Waals surface area contributed by atoms with Gasteiger partial charge in [0.05, 0.1) is 12.1 Å². The van der Waals surface area contributed by atoms with Crippen LogP contribution in [0.4, 0.5) is 5.69 Å². The molecule has 0 bridgehead atoms. The molecular weight excluding hydrogens is 246 g/mol. The van der Waals surface area contributed by atoms with E-state index in [2.05, 4.69) is 24.4 Å². The molecule has 0 aliphatic rings. The zero-order valence-corrected chi connectivity index (χ0v) is 11.5. The number of methoxy groups -OCH3 is 1. The Hall–Kier alpha value is -1.67. The van der Waals surface area contributed by atoms with Gasteiger partial charge in [0.15, 0.2) is 0 Å². The molecule has 0 saturated heterocycles. The number of benzene rings is 2. The van der Waals surface area contributed by atoms with Crippen LogP contribution in [-0.2, 0) is 0 Å². The second-order valence-corrected chi connectivity index (χ2v) is 4.54. The predicted octanol–water partition coefficient (Wildman–Crippen LogP) is 4.37. The van der Waals surface area contributed by atoms with Gasteiger partial charge < -0.3 is 10.1 Å². The summed E-state index contributed by atoms with van der Waals surface area (Å²) in [6.07, 6.45) is 0. The Bertz CT molecular complexity index is 566. The highest BCUT2D eigenvalue weighted by Crippen LogP contribution is 2.34. The molecule has 2 aromatic carbocycles. The second-order valence-electron chi connectivity index (χ2n) is 4.13. The van der Waals surface area contributed by atoms with E-state index < -0.39 is 0 Å². The summed E-state index contributed by atoms with van der Waals surface area (Å²) >= 11 is 6.18. The zero-order valence-electron chi connectivity index (χ0n) is 10.8. The van der Waals surface area contributed by atoms with Crippen LogP contribution in [0.3, 0.4) is 0 Å². The van der Waals surface area contributed by atoms with Gasteiger partial charge in [-0.25, -0.2) is 0 Å². The number of halogens is 1. The highest BCUT2D eigenvalue weighted by Gasteiger charge is 2.08. The summed E-state index contributed by atoms with van der Waals surface area (Å²) in [5.41, 5.74) is 4.49. The number of anilines is 1. The van der Waals surface area contributed by atoms with Gasteiger partial charge in [0.2, 0.25) is 0 Å². The minimum atomic E-state index is 0.632. The summed E-state index contributed by atoms with van der Waals surface area (Å²) in [5.74, 6) is 0.711. The maximum absolute atomic E-state index is 6.18. The molecule has 18 heavy (non-hydrogen) atoms. The first-order chi connectivity index (χ1) is 8.65. The minimum Gasteiger partial charge on any atom is -0.495 e. The molecule has 0 aliphatic heterocycles. The third-order valence-electron chi connectivity index (χ3n) is 2.96. The van der Waals surface area contributed by atoms with Gasteiger partial charge in [-0.05, 0) is 47.9 Å². The van der Waals surface area contributed by atoms with Gasteiger partial charge in [-0.1, -0.05) is 23.7 Å². The van der Waals surface area contributed by atoms with Crippen LogP contribution in [0.2, 0.25) is 5.02 Å². The molecule has 0 aromatic heterocycles. The van der Waals surface area contributed by atoms with Gasteiger partial charge in [-0.2, -0.15) is 0 Å². The molecule has 0 fully saturated rings. The molecule has 0 amide bonds. The minimum absolute atomic E-state index is 0.632. The first kappa shape index (κ1) is 12.8. The fourth-order valence-corrected chi connectivity index (χ4v) is 2.21. The lowest BCUT2D eigenvalue weighted by Gasteiger charge is -2.11. The molecule has 3 heteroatoms. The lowest BCUT2D eigenvalue weighted by Crippen LogP contribution is -1.91. The second kappa shape index (κ2) is 5.32. The molecule has 0 spiro atoms. The van der Waals surface area contributed by atoms with E-state index >= 15 is 0 Å². The molecule has 0 radical (unpaired) electrons. The quantitative estimate of drug-likeness (QED) is 0.886. The zero-order chi connectivity index (χ0) is 13.1. The van der Waals surface area contributed by atoms with Gasteiger partial charge >= 0.3 is 0 Å². The monoisotopic (exact) mass is 261 g/mol. The molecule has 2 aromatic rings. The van der Waals surface area contributed by atoms with Crippen molar-refractivity contribution in [2.75, 3.05) is 19.5 Å². The Kier molecular flexibility index (Phi) is 3.78. The Morgan fingerprint density at radius 2 is 1.94 bits per heavy atom. The molecule has 0 atom stereocenters. The molecule has 0 heterocycles. The fraction of sp³-hybridized carbons (Fsp3) is 0.200. The molecule has 0 unspecified atom stereocenters. The van der Waals surface area contributed by atoms with Crippen molar-refractivity contribution in [2.45, 2.75) is 6.92 Å². The van der Waals surface area contributed by atoms with Crippen LogP contribution >= 0.6 is 11.6 Å². The normalized spacial score (nSPS) is 10.2. The maximum Gasteiger partial charge on any atom is 0.137 e. The van der Waals surface area contributed by atoms with Crippen molar-refractivity contribution in [1.82, 2.24) is 0 Å². The predicted molar refractivity (Wildman–Crippen MR) is 77.7 cm³/mol. The highest BCUT2D eigenvalue weighted by molar-refractivity contribution is 6.32. The third kappa shape index (κ3) is 2.44. The Labute approximate surface area is 113 Å². The van der Waals surface area contributed by atoms with Crippen molar-refractivity contribution in [3.8, 4) is 16.9 Å². The van der Waals surface area contributed by atoms with Crippen LogP contribution in [0, 0.1) is 6.92 Å². The van der Waals surface area contributed by atoms with E-state index in [0.717, 1.165) is 22.4 Å². The first-order valence-corrected chi connectivity index (χ1v) is 6.16. The molecule has 2 rings (SSSR count). The van der Waals surface area contributed by atoms with E-state index in [9.17, 15) is 0 Å². The van der Waals surface area contributed by atoms with E-state index in [0.29, 0.717) is 10.8 Å². The Morgan fingerprint density at radius 3 is 2.61 bits per heavy atom.